The predicted octanol–water partition coefficient (Wildman–Crippen LogP) is 2.69. The molecule has 1 atom stereocenters. The second-order valence-corrected chi connectivity index (χ2v) is 9.00. The molecule has 0 amide bonds. The molecule has 1 fully saturated rings. The molecule has 1 aliphatic rings. The normalized spacial score (nSPS) is 17.9. The summed E-state index contributed by atoms with van der Waals surface area (Å²) in [5, 5.41) is 1.61. The van der Waals surface area contributed by atoms with Crippen molar-refractivity contribution in [2.75, 3.05) is 13.1 Å². The lowest BCUT2D eigenvalue weighted by Gasteiger charge is -2.18. The van der Waals surface area contributed by atoms with Crippen molar-refractivity contribution < 1.29 is 13.2 Å². The fraction of sp³-hybridized carbons (Fsp3) is 0.286. The molecule has 6 nitrogen and oxygen atoms in total. The summed E-state index contributed by atoms with van der Waals surface area (Å²) in [6, 6.07) is 16.0. The Hall–Kier alpha value is -2.64. The third-order valence-corrected chi connectivity index (χ3v) is 7.18. The van der Waals surface area contributed by atoms with E-state index in [1.54, 1.807) is 29.8 Å². The van der Waals surface area contributed by atoms with Gasteiger partial charge in [-0.1, -0.05) is 36.4 Å². The molecule has 1 saturated heterocycles. The standard InChI is InChI=1S/C21H22N2O4S/c1-15-12-18(13-21(24)22(15)2)27-17-10-11-23(14-17)28(25,26)20-9-5-7-16-6-3-4-8-19(16)20/h3-9,12-13,17H,10-11,14H2,1-2H3. The van der Waals surface area contributed by atoms with Crippen LogP contribution in [0.1, 0.15) is 12.1 Å². The van der Waals surface area contributed by atoms with E-state index in [4.69, 9.17) is 4.74 Å². The van der Waals surface area contributed by atoms with Gasteiger partial charge in [0.05, 0.1) is 11.4 Å². The van der Waals surface area contributed by atoms with Crippen molar-refractivity contribution in [1.82, 2.24) is 8.87 Å². The molecule has 0 bridgehead atoms. The van der Waals surface area contributed by atoms with Gasteiger partial charge in [0, 0.05) is 30.7 Å². The van der Waals surface area contributed by atoms with Crippen LogP contribution in [0.25, 0.3) is 10.8 Å². The van der Waals surface area contributed by atoms with Crippen molar-refractivity contribution >= 4 is 20.8 Å². The van der Waals surface area contributed by atoms with E-state index in [2.05, 4.69) is 0 Å². The first-order valence-corrected chi connectivity index (χ1v) is 10.6. The summed E-state index contributed by atoms with van der Waals surface area (Å²) < 4.78 is 35.4. The van der Waals surface area contributed by atoms with E-state index in [-0.39, 0.29) is 18.2 Å². The number of sulfonamides is 1. The number of pyridine rings is 1. The Morgan fingerprint density at radius 1 is 1.07 bits per heavy atom. The van der Waals surface area contributed by atoms with E-state index in [9.17, 15) is 13.2 Å². The molecule has 0 saturated carbocycles. The maximum atomic E-state index is 13.2. The van der Waals surface area contributed by atoms with E-state index in [0.29, 0.717) is 23.6 Å². The van der Waals surface area contributed by atoms with E-state index in [1.807, 2.05) is 37.3 Å². The molecule has 146 valence electrons. The molecule has 2 heterocycles. The Morgan fingerprint density at radius 2 is 1.82 bits per heavy atom. The quantitative estimate of drug-likeness (QED) is 0.678. The molecule has 4 rings (SSSR count). The van der Waals surface area contributed by atoms with Crippen LogP contribution in [0.2, 0.25) is 0 Å². The summed E-state index contributed by atoms with van der Waals surface area (Å²) in [7, 11) is -1.92. The van der Waals surface area contributed by atoms with Gasteiger partial charge >= 0.3 is 0 Å². The molecule has 1 unspecified atom stereocenters. The van der Waals surface area contributed by atoms with Crippen LogP contribution in [0.4, 0.5) is 0 Å². The lowest BCUT2D eigenvalue weighted by Crippen LogP contribution is -2.31. The van der Waals surface area contributed by atoms with Gasteiger partial charge in [0.2, 0.25) is 10.0 Å². The Morgan fingerprint density at radius 3 is 2.61 bits per heavy atom. The lowest BCUT2D eigenvalue weighted by atomic mass is 10.1. The number of fused-ring (bicyclic) bond motifs is 1. The van der Waals surface area contributed by atoms with Gasteiger partial charge in [-0.2, -0.15) is 4.31 Å². The summed E-state index contributed by atoms with van der Waals surface area (Å²) in [4.78, 5) is 12.3. The maximum absolute atomic E-state index is 13.2. The largest absolute Gasteiger partial charge is 0.489 e. The van der Waals surface area contributed by atoms with Crippen LogP contribution >= 0.6 is 0 Å². The zero-order valence-electron chi connectivity index (χ0n) is 15.8. The highest BCUT2D eigenvalue weighted by Crippen LogP contribution is 2.29. The van der Waals surface area contributed by atoms with Crippen molar-refractivity contribution in [2.45, 2.75) is 24.3 Å². The molecule has 1 aliphatic heterocycles. The summed E-state index contributed by atoms with van der Waals surface area (Å²) in [5.74, 6) is 0.481. The summed E-state index contributed by atoms with van der Waals surface area (Å²) in [5.41, 5.74) is 0.647. The first-order valence-electron chi connectivity index (χ1n) is 9.18. The van der Waals surface area contributed by atoms with Gasteiger partial charge < -0.3 is 9.30 Å². The second kappa shape index (κ2) is 7.07. The number of benzene rings is 2. The van der Waals surface area contributed by atoms with Crippen molar-refractivity contribution in [2.24, 2.45) is 7.05 Å². The van der Waals surface area contributed by atoms with E-state index in [1.165, 1.54) is 10.4 Å². The number of hydrogen-bond donors (Lipinski definition) is 0. The molecule has 28 heavy (non-hydrogen) atoms. The third-order valence-electron chi connectivity index (χ3n) is 5.25. The summed E-state index contributed by atoms with van der Waals surface area (Å²) in [6.45, 7) is 2.49. The van der Waals surface area contributed by atoms with Crippen molar-refractivity contribution in [1.29, 1.82) is 0 Å². The van der Waals surface area contributed by atoms with Crippen LogP contribution in [0, 0.1) is 6.92 Å². The van der Waals surface area contributed by atoms with Crippen molar-refractivity contribution in [3.05, 3.63) is 70.6 Å². The molecule has 7 heteroatoms. The summed E-state index contributed by atoms with van der Waals surface area (Å²) in [6.07, 6.45) is 0.300. The zero-order valence-corrected chi connectivity index (χ0v) is 16.6. The Labute approximate surface area is 164 Å². The molecule has 2 aromatic carbocycles. The molecular formula is C21H22N2O4S. The van der Waals surface area contributed by atoms with Crippen LogP contribution in [-0.2, 0) is 17.1 Å². The SMILES string of the molecule is Cc1cc(OC2CCN(S(=O)(=O)c3cccc4ccccc34)C2)cc(=O)n1C. The number of aromatic nitrogens is 1. The minimum Gasteiger partial charge on any atom is -0.489 e. The number of hydrogen-bond acceptors (Lipinski definition) is 4. The average Bonchev–Trinajstić information content (AvgIpc) is 3.15. The fourth-order valence-corrected chi connectivity index (χ4v) is 5.27. The molecule has 3 aromatic rings. The Balaban J connectivity index is 1.57. The van der Waals surface area contributed by atoms with Crippen molar-refractivity contribution in [3.8, 4) is 5.75 Å². The topological polar surface area (TPSA) is 68.6 Å². The number of ether oxygens (including phenoxy) is 1. The van der Waals surface area contributed by atoms with Gasteiger partial charge in [0.15, 0.2) is 0 Å². The number of rotatable bonds is 4. The van der Waals surface area contributed by atoms with E-state index in [0.717, 1.165) is 16.5 Å². The molecule has 1 aromatic heterocycles. The van der Waals surface area contributed by atoms with Crippen LogP contribution in [0.15, 0.2) is 64.3 Å². The van der Waals surface area contributed by atoms with E-state index < -0.39 is 10.0 Å². The number of nitrogens with zero attached hydrogens (tertiary/aromatic N) is 2. The maximum Gasteiger partial charge on any atom is 0.254 e. The molecule has 0 N–H and O–H groups in total. The highest BCUT2D eigenvalue weighted by Gasteiger charge is 2.34. The third kappa shape index (κ3) is 3.31. The smallest absolute Gasteiger partial charge is 0.254 e. The molecule has 0 spiro atoms. The average molecular weight is 398 g/mol. The zero-order chi connectivity index (χ0) is 19.9. The Bertz CT molecular complexity index is 1200. The lowest BCUT2D eigenvalue weighted by molar-refractivity contribution is 0.214. The van der Waals surface area contributed by atoms with Crippen molar-refractivity contribution in [3.63, 3.8) is 0 Å². The second-order valence-electron chi connectivity index (χ2n) is 7.10. The van der Waals surface area contributed by atoms with Crippen LogP contribution in [-0.4, -0.2) is 36.5 Å². The predicted molar refractivity (Wildman–Crippen MR) is 108 cm³/mol. The van der Waals surface area contributed by atoms with Crippen LogP contribution < -0.4 is 10.3 Å². The van der Waals surface area contributed by atoms with Gasteiger partial charge in [0.1, 0.15) is 11.9 Å². The fourth-order valence-electron chi connectivity index (χ4n) is 3.57. The van der Waals surface area contributed by atoms with Gasteiger partial charge in [-0.25, -0.2) is 8.42 Å². The van der Waals surface area contributed by atoms with Gasteiger partial charge in [0.25, 0.3) is 5.56 Å². The monoisotopic (exact) mass is 398 g/mol. The van der Waals surface area contributed by atoms with Gasteiger partial charge in [-0.05, 0) is 30.9 Å². The molecule has 0 radical (unpaired) electrons. The van der Waals surface area contributed by atoms with Gasteiger partial charge in [-0.15, -0.1) is 0 Å². The highest BCUT2D eigenvalue weighted by molar-refractivity contribution is 7.89. The van der Waals surface area contributed by atoms with Crippen LogP contribution in [0.3, 0.4) is 0 Å². The van der Waals surface area contributed by atoms with Gasteiger partial charge in [-0.3, -0.25) is 4.79 Å². The minimum atomic E-state index is -3.63. The first kappa shape index (κ1) is 18.7. The van der Waals surface area contributed by atoms with Crippen LogP contribution in [0.5, 0.6) is 5.75 Å². The molecule has 0 aliphatic carbocycles. The molecular weight excluding hydrogens is 376 g/mol. The highest BCUT2D eigenvalue weighted by atomic mass is 32.2. The summed E-state index contributed by atoms with van der Waals surface area (Å²) >= 11 is 0. The van der Waals surface area contributed by atoms with E-state index >= 15 is 0 Å². The minimum absolute atomic E-state index is 0.145. The number of aryl methyl sites for hydroxylation is 1. The Kier molecular flexibility index (Phi) is 4.72. The first-order chi connectivity index (χ1) is 13.4.